The Morgan fingerprint density at radius 1 is 0.950 bits per heavy atom. The van der Waals surface area contributed by atoms with E-state index in [9.17, 15) is 4.79 Å². The van der Waals surface area contributed by atoms with Crippen molar-refractivity contribution >= 4 is 5.97 Å². The van der Waals surface area contributed by atoms with Gasteiger partial charge in [0.25, 0.3) is 0 Å². The van der Waals surface area contributed by atoms with Gasteiger partial charge in [-0.3, -0.25) is 4.79 Å². The molecule has 1 fully saturated rings. The summed E-state index contributed by atoms with van der Waals surface area (Å²) >= 11 is 0. The summed E-state index contributed by atoms with van der Waals surface area (Å²) in [6.07, 6.45) is 20.2. The normalized spacial score (nSPS) is 15.2. The molecule has 0 aromatic carbocycles. The monoisotopic (exact) mass is 280 g/mol. The fourth-order valence-electron chi connectivity index (χ4n) is 2.92. The van der Waals surface area contributed by atoms with Gasteiger partial charge in [0.2, 0.25) is 0 Å². The van der Waals surface area contributed by atoms with Gasteiger partial charge in [0.15, 0.2) is 0 Å². The van der Waals surface area contributed by atoms with Crippen LogP contribution in [0, 0.1) is 0 Å². The van der Waals surface area contributed by atoms with Gasteiger partial charge in [-0.1, -0.05) is 50.2 Å². The van der Waals surface area contributed by atoms with E-state index in [1.807, 2.05) is 0 Å². The van der Waals surface area contributed by atoms with Crippen LogP contribution in [0.15, 0.2) is 11.6 Å². The average molecular weight is 280 g/mol. The molecule has 1 rings (SSSR count). The third kappa shape index (κ3) is 9.17. The summed E-state index contributed by atoms with van der Waals surface area (Å²) in [6.45, 7) is 0. The molecular weight excluding hydrogens is 248 g/mol. The van der Waals surface area contributed by atoms with Crippen molar-refractivity contribution in [1.82, 2.24) is 0 Å². The summed E-state index contributed by atoms with van der Waals surface area (Å²) in [7, 11) is 1.46. The number of allylic oxidation sites excluding steroid dienone is 2. The molecule has 0 aromatic rings. The standard InChI is InChI=1S/C18H32O2/c1-20-18(19)16-12-7-5-3-2-4-6-9-13-17-14-10-8-11-15-17/h13H,2-12,14-16H2,1H3. The fourth-order valence-corrected chi connectivity index (χ4v) is 2.92. The molecule has 0 unspecified atom stereocenters. The highest BCUT2D eigenvalue weighted by atomic mass is 16.5. The first kappa shape index (κ1) is 17.3. The van der Waals surface area contributed by atoms with E-state index in [0.717, 1.165) is 6.42 Å². The van der Waals surface area contributed by atoms with E-state index >= 15 is 0 Å². The Balaban J connectivity index is 1.81. The van der Waals surface area contributed by atoms with Crippen molar-refractivity contribution in [3.05, 3.63) is 11.6 Å². The third-order valence-electron chi connectivity index (χ3n) is 4.24. The van der Waals surface area contributed by atoms with E-state index in [1.54, 1.807) is 5.57 Å². The molecule has 0 N–H and O–H groups in total. The second-order valence-electron chi connectivity index (χ2n) is 6.01. The summed E-state index contributed by atoms with van der Waals surface area (Å²) < 4.78 is 4.63. The maximum Gasteiger partial charge on any atom is 0.305 e. The van der Waals surface area contributed by atoms with Crippen LogP contribution in [0.5, 0.6) is 0 Å². The van der Waals surface area contributed by atoms with Crippen molar-refractivity contribution < 1.29 is 9.53 Å². The molecule has 0 aliphatic heterocycles. The fraction of sp³-hybridized carbons (Fsp3) is 0.833. The summed E-state index contributed by atoms with van der Waals surface area (Å²) in [5.74, 6) is -0.0688. The Bertz CT molecular complexity index is 273. The van der Waals surface area contributed by atoms with Gasteiger partial charge in [-0.05, 0) is 44.9 Å². The van der Waals surface area contributed by atoms with Crippen LogP contribution in [0.25, 0.3) is 0 Å². The molecule has 0 amide bonds. The molecule has 1 saturated carbocycles. The lowest BCUT2D eigenvalue weighted by Crippen LogP contribution is -1.99. The number of methoxy groups -OCH3 is 1. The smallest absolute Gasteiger partial charge is 0.305 e. The molecule has 0 bridgehead atoms. The summed E-state index contributed by atoms with van der Waals surface area (Å²) in [4.78, 5) is 10.9. The Kier molecular flexibility index (Phi) is 10.3. The Hall–Kier alpha value is -0.790. The highest BCUT2D eigenvalue weighted by Gasteiger charge is 2.04. The molecule has 116 valence electrons. The minimum absolute atomic E-state index is 0.0688. The van der Waals surface area contributed by atoms with Crippen LogP contribution >= 0.6 is 0 Å². The highest BCUT2D eigenvalue weighted by molar-refractivity contribution is 5.68. The molecular formula is C18H32O2. The first-order valence-corrected chi connectivity index (χ1v) is 8.57. The second-order valence-corrected chi connectivity index (χ2v) is 6.01. The van der Waals surface area contributed by atoms with E-state index < -0.39 is 0 Å². The number of carbonyl (C=O) groups is 1. The molecule has 0 atom stereocenters. The lowest BCUT2D eigenvalue weighted by atomic mass is 9.94. The zero-order valence-corrected chi connectivity index (χ0v) is 13.3. The Morgan fingerprint density at radius 3 is 2.20 bits per heavy atom. The SMILES string of the molecule is COC(=O)CCCCCCCCCC=C1CCCCC1. The first-order valence-electron chi connectivity index (χ1n) is 8.57. The van der Waals surface area contributed by atoms with Crippen LogP contribution in [0.3, 0.4) is 0 Å². The van der Waals surface area contributed by atoms with Crippen molar-refractivity contribution in [3.63, 3.8) is 0 Å². The topological polar surface area (TPSA) is 26.3 Å². The average Bonchev–Trinajstić information content (AvgIpc) is 2.50. The summed E-state index contributed by atoms with van der Waals surface area (Å²) in [5.41, 5.74) is 1.72. The van der Waals surface area contributed by atoms with Gasteiger partial charge in [0.1, 0.15) is 0 Å². The van der Waals surface area contributed by atoms with Gasteiger partial charge < -0.3 is 4.74 Å². The number of hydrogen-bond acceptors (Lipinski definition) is 2. The minimum Gasteiger partial charge on any atom is -0.469 e. The van der Waals surface area contributed by atoms with Gasteiger partial charge in [0, 0.05) is 6.42 Å². The molecule has 20 heavy (non-hydrogen) atoms. The van der Waals surface area contributed by atoms with Gasteiger partial charge in [0.05, 0.1) is 7.11 Å². The van der Waals surface area contributed by atoms with Crippen LogP contribution in [-0.4, -0.2) is 13.1 Å². The molecule has 0 heterocycles. The molecule has 0 spiro atoms. The number of unbranched alkanes of at least 4 members (excludes halogenated alkanes) is 7. The number of carbonyl (C=O) groups excluding carboxylic acids is 1. The molecule has 1 aliphatic carbocycles. The number of esters is 1. The minimum atomic E-state index is -0.0688. The summed E-state index contributed by atoms with van der Waals surface area (Å²) in [5, 5.41) is 0. The second kappa shape index (κ2) is 12.0. The van der Waals surface area contributed by atoms with Crippen molar-refractivity contribution in [2.75, 3.05) is 7.11 Å². The molecule has 0 aromatic heterocycles. The molecule has 0 saturated heterocycles. The lowest BCUT2D eigenvalue weighted by Gasteiger charge is -2.13. The van der Waals surface area contributed by atoms with E-state index in [4.69, 9.17) is 0 Å². The van der Waals surface area contributed by atoms with E-state index in [0.29, 0.717) is 6.42 Å². The van der Waals surface area contributed by atoms with Crippen LogP contribution in [0.4, 0.5) is 0 Å². The Labute approximate surface area is 125 Å². The van der Waals surface area contributed by atoms with Crippen LogP contribution < -0.4 is 0 Å². The van der Waals surface area contributed by atoms with Gasteiger partial charge in [-0.2, -0.15) is 0 Å². The van der Waals surface area contributed by atoms with E-state index in [-0.39, 0.29) is 5.97 Å². The van der Waals surface area contributed by atoms with Gasteiger partial charge in [-0.15, -0.1) is 0 Å². The number of ether oxygens (including phenoxy) is 1. The molecule has 0 radical (unpaired) electrons. The zero-order chi connectivity index (χ0) is 14.5. The largest absolute Gasteiger partial charge is 0.469 e. The van der Waals surface area contributed by atoms with Gasteiger partial charge in [-0.25, -0.2) is 0 Å². The van der Waals surface area contributed by atoms with Crippen LogP contribution in [0.2, 0.25) is 0 Å². The number of hydrogen-bond donors (Lipinski definition) is 0. The van der Waals surface area contributed by atoms with Crippen molar-refractivity contribution in [2.45, 2.75) is 89.9 Å². The van der Waals surface area contributed by atoms with E-state index in [1.165, 1.54) is 84.2 Å². The first-order chi connectivity index (χ1) is 9.83. The summed E-state index contributed by atoms with van der Waals surface area (Å²) in [6, 6.07) is 0. The van der Waals surface area contributed by atoms with Crippen molar-refractivity contribution in [1.29, 1.82) is 0 Å². The molecule has 1 aliphatic rings. The van der Waals surface area contributed by atoms with Crippen molar-refractivity contribution in [2.24, 2.45) is 0 Å². The van der Waals surface area contributed by atoms with E-state index in [2.05, 4.69) is 10.8 Å². The predicted octanol–water partition coefficient (Wildman–Crippen LogP) is 5.56. The number of rotatable bonds is 10. The quantitative estimate of drug-likeness (QED) is 0.297. The van der Waals surface area contributed by atoms with Crippen LogP contribution in [-0.2, 0) is 9.53 Å². The van der Waals surface area contributed by atoms with Crippen LogP contribution in [0.1, 0.15) is 89.9 Å². The van der Waals surface area contributed by atoms with Crippen molar-refractivity contribution in [3.8, 4) is 0 Å². The maximum atomic E-state index is 10.9. The maximum absolute atomic E-state index is 10.9. The predicted molar refractivity (Wildman–Crippen MR) is 84.7 cm³/mol. The molecule has 2 heteroatoms. The van der Waals surface area contributed by atoms with Gasteiger partial charge >= 0.3 is 5.97 Å². The third-order valence-corrected chi connectivity index (χ3v) is 4.24. The molecule has 2 nitrogen and oxygen atoms in total. The zero-order valence-electron chi connectivity index (χ0n) is 13.3. The Morgan fingerprint density at radius 2 is 1.55 bits per heavy atom. The highest BCUT2D eigenvalue weighted by Crippen LogP contribution is 2.23. The lowest BCUT2D eigenvalue weighted by molar-refractivity contribution is -0.140.